The van der Waals surface area contributed by atoms with Crippen molar-refractivity contribution in [2.45, 2.75) is 24.3 Å². The Morgan fingerprint density at radius 3 is 2.25 bits per heavy atom. The van der Waals surface area contributed by atoms with Crippen LogP contribution in [0.4, 0.5) is 4.39 Å². The number of rotatable bonds is 2. The molecule has 0 aromatic heterocycles. The van der Waals surface area contributed by atoms with Crippen LogP contribution in [0, 0.1) is 5.82 Å². The lowest BCUT2D eigenvalue weighted by Crippen LogP contribution is -2.35. The number of aliphatic hydroxyl groups is 3. The van der Waals surface area contributed by atoms with Crippen molar-refractivity contribution in [2.75, 3.05) is 6.61 Å². The maximum Gasteiger partial charge on any atom is 0.123 e. The average Bonchev–Trinajstić information content (AvgIpc) is 2.57. The normalized spacial score (nSPS) is 34.2. The third kappa shape index (κ3) is 1.94. The van der Waals surface area contributed by atoms with Crippen LogP contribution in [0.5, 0.6) is 0 Å². The second-order valence-corrected chi connectivity index (χ2v) is 3.97. The van der Waals surface area contributed by atoms with E-state index in [1.807, 2.05) is 0 Å². The van der Waals surface area contributed by atoms with E-state index in [0.717, 1.165) is 0 Å². The molecular formula is C11H14FNO3. The van der Waals surface area contributed by atoms with Crippen molar-refractivity contribution in [1.82, 2.24) is 5.32 Å². The first kappa shape index (κ1) is 11.5. The maximum atomic E-state index is 12.7. The summed E-state index contributed by atoms with van der Waals surface area (Å²) in [5, 5.41) is 31.2. The molecule has 0 radical (unpaired) electrons. The van der Waals surface area contributed by atoms with Crippen molar-refractivity contribution in [2.24, 2.45) is 0 Å². The highest BCUT2D eigenvalue weighted by Gasteiger charge is 2.41. The molecule has 5 heteroatoms. The summed E-state index contributed by atoms with van der Waals surface area (Å²) in [5.74, 6) is -0.351. The lowest BCUT2D eigenvalue weighted by Gasteiger charge is -2.15. The summed E-state index contributed by atoms with van der Waals surface area (Å²) in [6.07, 6.45) is -2.01. The molecule has 0 bridgehead atoms. The zero-order valence-electron chi connectivity index (χ0n) is 8.55. The topological polar surface area (TPSA) is 72.7 Å². The number of aliphatic hydroxyl groups excluding tert-OH is 3. The standard InChI is InChI=1S/C11H14FNO3/c12-7-3-1-6(2-4-7)9-11(16)10(15)8(5-14)13-9/h1-4,8-11,13-16H,5H2/t8-,9+,10-,11+/m1/s1. The highest BCUT2D eigenvalue weighted by Crippen LogP contribution is 2.27. The Hall–Kier alpha value is -1.01. The van der Waals surface area contributed by atoms with Gasteiger partial charge in [-0.05, 0) is 17.7 Å². The van der Waals surface area contributed by atoms with E-state index in [0.29, 0.717) is 5.56 Å². The molecule has 0 unspecified atom stereocenters. The minimum Gasteiger partial charge on any atom is -0.395 e. The summed E-state index contributed by atoms with van der Waals surface area (Å²) in [7, 11) is 0. The van der Waals surface area contributed by atoms with Crippen LogP contribution >= 0.6 is 0 Å². The molecule has 1 heterocycles. The van der Waals surface area contributed by atoms with Crippen molar-refractivity contribution < 1.29 is 19.7 Å². The molecule has 1 aromatic rings. The smallest absolute Gasteiger partial charge is 0.123 e. The molecule has 0 amide bonds. The molecule has 1 aliphatic heterocycles. The van der Waals surface area contributed by atoms with Gasteiger partial charge in [0.05, 0.1) is 24.8 Å². The fraction of sp³-hybridized carbons (Fsp3) is 0.455. The first-order valence-corrected chi connectivity index (χ1v) is 5.12. The van der Waals surface area contributed by atoms with E-state index >= 15 is 0 Å². The number of nitrogens with one attached hydrogen (secondary N) is 1. The van der Waals surface area contributed by atoms with Crippen LogP contribution < -0.4 is 5.32 Å². The highest BCUT2D eigenvalue weighted by atomic mass is 19.1. The molecule has 2 rings (SSSR count). The summed E-state index contributed by atoms with van der Waals surface area (Å²) >= 11 is 0. The quantitative estimate of drug-likeness (QED) is 0.552. The van der Waals surface area contributed by atoms with Gasteiger partial charge in [0, 0.05) is 0 Å². The van der Waals surface area contributed by atoms with E-state index < -0.39 is 24.3 Å². The van der Waals surface area contributed by atoms with Crippen LogP contribution in [-0.4, -0.2) is 40.2 Å². The minimum atomic E-state index is -1.01. The Morgan fingerprint density at radius 1 is 1.12 bits per heavy atom. The predicted octanol–water partition coefficient (Wildman–Crippen LogP) is -0.447. The zero-order valence-corrected chi connectivity index (χ0v) is 8.55. The third-order valence-electron chi connectivity index (χ3n) is 2.92. The Labute approximate surface area is 92.3 Å². The van der Waals surface area contributed by atoms with Crippen molar-refractivity contribution in [3.63, 3.8) is 0 Å². The first-order valence-electron chi connectivity index (χ1n) is 5.12. The Balaban J connectivity index is 2.19. The van der Waals surface area contributed by atoms with Gasteiger partial charge in [-0.25, -0.2) is 4.39 Å². The summed E-state index contributed by atoms with van der Waals surface area (Å²) in [5.41, 5.74) is 0.684. The van der Waals surface area contributed by atoms with Crippen LogP contribution in [0.2, 0.25) is 0 Å². The van der Waals surface area contributed by atoms with E-state index in [1.165, 1.54) is 12.1 Å². The molecule has 0 aliphatic carbocycles. The van der Waals surface area contributed by atoms with E-state index in [-0.39, 0.29) is 12.4 Å². The van der Waals surface area contributed by atoms with Crippen molar-refractivity contribution in [1.29, 1.82) is 0 Å². The van der Waals surface area contributed by atoms with Crippen LogP contribution in [0.25, 0.3) is 0 Å². The fourth-order valence-electron chi connectivity index (χ4n) is 1.99. The number of benzene rings is 1. The second kappa shape index (κ2) is 4.47. The molecule has 1 aliphatic rings. The van der Waals surface area contributed by atoms with Crippen molar-refractivity contribution in [3.05, 3.63) is 35.6 Å². The minimum absolute atomic E-state index is 0.254. The molecule has 0 saturated carbocycles. The van der Waals surface area contributed by atoms with Gasteiger partial charge in [-0.15, -0.1) is 0 Å². The Morgan fingerprint density at radius 2 is 1.75 bits per heavy atom. The van der Waals surface area contributed by atoms with Gasteiger partial charge in [-0.3, -0.25) is 0 Å². The molecular weight excluding hydrogens is 213 g/mol. The summed E-state index contributed by atoms with van der Waals surface area (Å²) in [4.78, 5) is 0. The largest absolute Gasteiger partial charge is 0.395 e. The van der Waals surface area contributed by atoms with E-state index in [1.54, 1.807) is 12.1 Å². The molecule has 4 nitrogen and oxygen atoms in total. The second-order valence-electron chi connectivity index (χ2n) is 3.97. The Kier molecular flexibility index (Phi) is 3.20. The van der Waals surface area contributed by atoms with Gasteiger partial charge in [0.25, 0.3) is 0 Å². The summed E-state index contributed by atoms with van der Waals surface area (Å²) < 4.78 is 12.7. The van der Waals surface area contributed by atoms with Crippen LogP contribution in [0.15, 0.2) is 24.3 Å². The lowest BCUT2D eigenvalue weighted by molar-refractivity contribution is 0.0194. The lowest BCUT2D eigenvalue weighted by atomic mass is 10.0. The van der Waals surface area contributed by atoms with Crippen molar-refractivity contribution >= 4 is 0 Å². The van der Waals surface area contributed by atoms with E-state index in [9.17, 15) is 14.6 Å². The van der Waals surface area contributed by atoms with Gasteiger partial charge in [-0.1, -0.05) is 12.1 Å². The fourth-order valence-corrected chi connectivity index (χ4v) is 1.99. The number of halogens is 1. The molecule has 1 aromatic carbocycles. The summed E-state index contributed by atoms with van der Waals surface area (Å²) in [6, 6.07) is 4.65. The number of hydrogen-bond donors (Lipinski definition) is 4. The van der Waals surface area contributed by atoms with Gasteiger partial charge in [-0.2, -0.15) is 0 Å². The molecule has 0 spiro atoms. The van der Waals surface area contributed by atoms with Crippen molar-refractivity contribution in [3.8, 4) is 0 Å². The number of hydrogen-bond acceptors (Lipinski definition) is 4. The van der Waals surface area contributed by atoms with Crippen LogP contribution in [-0.2, 0) is 0 Å². The molecule has 4 N–H and O–H groups in total. The maximum absolute atomic E-state index is 12.7. The van der Waals surface area contributed by atoms with E-state index in [4.69, 9.17) is 5.11 Å². The van der Waals surface area contributed by atoms with Gasteiger partial charge < -0.3 is 20.6 Å². The van der Waals surface area contributed by atoms with Crippen LogP contribution in [0.1, 0.15) is 11.6 Å². The molecule has 16 heavy (non-hydrogen) atoms. The molecule has 1 fully saturated rings. The molecule has 1 saturated heterocycles. The highest BCUT2D eigenvalue weighted by molar-refractivity contribution is 5.23. The zero-order chi connectivity index (χ0) is 11.7. The molecule has 4 atom stereocenters. The first-order chi connectivity index (χ1) is 7.63. The Bertz CT molecular complexity index is 357. The monoisotopic (exact) mass is 227 g/mol. The molecule has 88 valence electrons. The third-order valence-corrected chi connectivity index (χ3v) is 2.92. The summed E-state index contributed by atoms with van der Waals surface area (Å²) in [6.45, 7) is -0.254. The van der Waals surface area contributed by atoms with Crippen LogP contribution in [0.3, 0.4) is 0 Å². The van der Waals surface area contributed by atoms with Gasteiger partial charge in [0.15, 0.2) is 0 Å². The predicted molar refractivity (Wildman–Crippen MR) is 55.2 cm³/mol. The average molecular weight is 227 g/mol. The van der Waals surface area contributed by atoms with E-state index in [2.05, 4.69) is 5.32 Å². The van der Waals surface area contributed by atoms with Gasteiger partial charge in [0.2, 0.25) is 0 Å². The van der Waals surface area contributed by atoms with Gasteiger partial charge >= 0.3 is 0 Å². The SMILES string of the molecule is OC[C@H]1N[C@@H](c2ccc(F)cc2)[C@H](O)[C@@H]1O. The van der Waals surface area contributed by atoms with Gasteiger partial charge in [0.1, 0.15) is 11.9 Å².